The molecule has 1 saturated carbocycles. The van der Waals surface area contributed by atoms with E-state index in [2.05, 4.69) is 4.98 Å². The van der Waals surface area contributed by atoms with E-state index < -0.39 is 0 Å². The monoisotopic (exact) mass is 220 g/mol. The first kappa shape index (κ1) is 9.81. The van der Waals surface area contributed by atoms with Crippen molar-refractivity contribution in [3.8, 4) is 0 Å². The zero-order valence-corrected chi connectivity index (χ0v) is 8.79. The third-order valence-corrected chi connectivity index (χ3v) is 3.44. The molecule has 0 saturated heterocycles. The van der Waals surface area contributed by atoms with Crippen molar-refractivity contribution in [3.05, 3.63) is 35.8 Å². The molecule has 0 spiro atoms. The van der Waals surface area contributed by atoms with Gasteiger partial charge in [-0.2, -0.15) is 0 Å². The predicted octanol–water partition coefficient (Wildman–Crippen LogP) is 2.23. The van der Waals surface area contributed by atoms with Gasteiger partial charge >= 0.3 is 0 Å². The van der Waals surface area contributed by atoms with Crippen LogP contribution in [0, 0.1) is 5.82 Å². The maximum Gasteiger partial charge on any atom is 0.132 e. The van der Waals surface area contributed by atoms with Crippen molar-refractivity contribution in [2.45, 2.75) is 18.3 Å². The van der Waals surface area contributed by atoms with Crippen LogP contribution in [0.1, 0.15) is 18.4 Å². The fourth-order valence-electron chi connectivity index (χ4n) is 2.36. The van der Waals surface area contributed by atoms with Crippen LogP contribution in [0.5, 0.6) is 0 Å². The minimum atomic E-state index is -0.183. The zero-order valence-electron chi connectivity index (χ0n) is 8.79. The largest absolute Gasteiger partial charge is 0.361 e. The topological polar surface area (TPSA) is 51.0 Å². The lowest BCUT2D eigenvalue weighted by atomic mass is 9.96. The Morgan fingerprint density at radius 2 is 2.25 bits per heavy atom. The van der Waals surface area contributed by atoms with E-state index in [0.717, 1.165) is 23.9 Å². The van der Waals surface area contributed by atoms with Crippen LogP contribution in [0.15, 0.2) is 24.4 Å². The van der Waals surface area contributed by atoms with Crippen molar-refractivity contribution in [1.29, 1.82) is 0 Å². The van der Waals surface area contributed by atoms with Crippen LogP contribution in [0.4, 0.5) is 4.39 Å². The Bertz CT molecular complexity index is 531. The van der Waals surface area contributed by atoms with Crippen LogP contribution in [0.25, 0.3) is 10.9 Å². The average molecular weight is 220 g/mol. The van der Waals surface area contributed by atoms with E-state index in [1.54, 1.807) is 6.07 Å². The third-order valence-electron chi connectivity index (χ3n) is 3.44. The number of hydrogen-bond donors (Lipinski definition) is 2. The standard InChI is InChI=1S/C12H13FN2O/c13-9-2-1-3-10-11(9)8(6-15-10)12(4-5-12)7-16-14/h1-3,6,15H,4-5,7,14H2. The first-order chi connectivity index (χ1) is 7.77. The maximum absolute atomic E-state index is 13.8. The molecule has 1 heterocycles. The van der Waals surface area contributed by atoms with Gasteiger partial charge in [0.25, 0.3) is 0 Å². The summed E-state index contributed by atoms with van der Waals surface area (Å²) in [5.41, 5.74) is 1.75. The lowest BCUT2D eigenvalue weighted by Gasteiger charge is -2.12. The van der Waals surface area contributed by atoms with Gasteiger partial charge in [0.1, 0.15) is 5.82 Å². The van der Waals surface area contributed by atoms with Crippen molar-refractivity contribution < 1.29 is 9.23 Å². The van der Waals surface area contributed by atoms with Gasteiger partial charge in [-0.25, -0.2) is 10.3 Å². The molecule has 2 aromatic rings. The average Bonchev–Trinajstić information content (AvgIpc) is 2.91. The molecule has 3 N–H and O–H groups in total. The fraction of sp³-hybridized carbons (Fsp3) is 0.333. The maximum atomic E-state index is 13.8. The highest BCUT2D eigenvalue weighted by Gasteiger charge is 2.46. The molecule has 0 atom stereocenters. The van der Waals surface area contributed by atoms with Crippen molar-refractivity contribution >= 4 is 10.9 Å². The first-order valence-corrected chi connectivity index (χ1v) is 5.35. The number of aromatic amines is 1. The summed E-state index contributed by atoms with van der Waals surface area (Å²) in [7, 11) is 0. The lowest BCUT2D eigenvalue weighted by molar-refractivity contribution is 0.116. The molecule has 0 amide bonds. The SMILES string of the molecule is NOCC1(c2c[nH]c3cccc(F)c23)CC1. The summed E-state index contributed by atoms with van der Waals surface area (Å²) in [5, 5.41) is 0.678. The summed E-state index contributed by atoms with van der Waals surface area (Å²) in [4.78, 5) is 7.84. The third kappa shape index (κ3) is 1.27. The molecule has 84 valence electrons. The van der Waals surface area contributed by atoms with Gasteiger partial charge < -0.3 is 9.82 Å². The number of benzene rings is 1. The van der Waals surface area contributed by atoms with E-state index in [0.29, 0.717) is 12.0 Å². The summed E-state index contributed by atoms with van der Waals surface area (Å²) in [6.45, 7) is 0.453. The lowest BCUT2D eigenvalue weighted by Crippen LogP contribution is -2.17. The second-order valence-corrected chi connectivity index (χ2v) is 4.46. The second-order valence-electron chi connectivity index (χ2n) is 4.46. The minimum Gasteiger partial charge on any atom is -0.361 e. The molecule has 0 unspecified atom stereocenters. The Morgan fingerprint density at radius 1 is 1.44 bits per heavy atom. The van der Waals surface area contributed by atoms with Crippen LogP contribution in [-0.4, -0.2) is 11.6 Å². The summed E-state index contributed by atoms with van der Waals surface area (Å²) in [6.07, 6.45) is 3.89. The van der Waals surface area contributed by atoms with Gasteiger partial charge in [-0.05, 0) is 30.5 Å². The van der Waals surface area contributed by atoms with Crippen LogP contribution in [0.2, 0.25) is 0 Å². The molecule has 3 nitrogen and oxygen atoms in total. The smallest absolute Gasteiger partial charge is 0.132 e. The Morgan fingerprint density at radius 3 is 2.94 bits per heavy atom. The second kappa shape index (κ2) is 3.30. The van der Waals surface area contributed by atoms with Gasteiger partial charge in [-0.15, -0.1) is 0 Å². The molecule has 1 aromatic heterocycles. The fourth-order valence-corrected chi connectivity index (χ4v) is 2.36. The number of rotatable bonds is 3. The van der Waals surface area contributed by atoms with Gasteiger partial charge in [0.2, 0.25) is 0 Å². The predicted molar refractivity (Wildman–Crippen MR) is 59.3 cm³/mol. The number of aromatic nitrogens is 1. The number of halogens is 1. The summed E-state index contributed by atoms with van der Waals surface area (Å²) < 4.78 is 13.8. The number of nitrogens with one attached hydrogen (secondary N) is 1. The minimum absolute atomic E-state index is 0.0742. The van der Waals surface area contributed by atoms with Gasteiger partial charge in [-0.1, -0.05) is 6.07 Å². The summed E-state index contributed by atoms with van der Waals surface area (Å²) >= 11 is 0. The number of fused-ring (bicyclic) bond motifs is 1. The first-order valence-electron chi connectivity index (χ1n) is 5.35. The molecule has 16 heavy (non-hydrogen) atoms. The Labute approximate surface area is 92.3 Å². The molecule has 0 bridgehead atoms. The number of H-pyrrole nitrogens is 1. The van der Waals surface area contributed by atoms with E-state index in [1.165, 1.54) is 6.07 Å². The van der Waals surface area contributed by atoms with Crippen LogP contribution in [-0.2, 0) is 10.3 Å². The Balaban J connectivity index is 2.18. The van der Waals surface area contributed by atoms with Crippen LogP contribution in [0.3, 0.4) is 0 Å². The molecule has 3 rings (SSSR count). The Hall–Kier alpha value is -1.39. The number of nitrogens with two attached hydrogens (primary N) is 1. The van der Waals surface area contributed by atoms with E-state index in [9.17, 15) is 4.39 Å². The molecule has 4 heteroatoms. The van der Waals surface area contributed by atoms with Gasteiger partial charge in [-0.3, -0.25) is 0 Å². The normalized spacial score (nSPS) is 17.9. The van der Waals surface area contributed by atoms with Crippen LogP contribution >= 0.6 is 0 Å². The number of hydrogen-bond acceptors (Lipinski definition) is 2. The molecule has 1 fully saturated rings. The van der Waals surface area contributed by atoms with Gasteiger partial charge in [0.05, 0.1) is 6.61 Å². The Kier molecular flexibility index (Phi) is 2.02. The molecule has 0 aliphatic heterocycles. The van der Waals surface area contributed by atoms with Crippen molar-refractivity contribution in [1.82, 2.24) is 4.98 Å². The highest BCUT2D eigenvalue weighted by molar-refractivity contribution is 5.85. The van der Waals surface area contributed by atoms with E-state index in [1.807, 2.05) is 12.3 Å². The van der Waals surface area contributed by atoms with Crippen molar-refractivity contribution in [2.75, 3.05) is 6.61 Å². The molecule has 1 aromatic carbocycles. The van der Waals surface area contributed by atoms with E-state index in [-0.39, 0.29) is 11.2 Å². The van der Waals surface area contributed by atoms with Crippen molar-refractivity contribution in [2.24, 2.45) is 5.90 Å². The van der Waals surface area contributed by atoms with E-state index in [4.69, 9.17) is 10.7 Å². The molecule has 1 aliphatic carbocycles. The molecular formula is C12H13FN2O. The van der Waals surface area contributed by atoms with E-state index >= 15 is 0 Å². The quantitative estimate of drug-likeness (QED) is 0.779. The molecular weight excluding hydrogens is 207 g/mol. The summed E-state index contributed by atoms with van der Waals surface area (Å²) in [5.74, 6) is 4.96. The zero-order chi connectivity index (χ0) is 11.2. The van der Waals surface area contributed by atoms with Gasteiger partial charge in [0, 0.05) is 22.5 Å². The highest BCUT2D eigenvalue weighted by atomic mass is 19.1. The van der Waals surface area contributed by atoms with Crippen LogP contribution < -0.4 is 5.90 Å². The molecule has 0 radical (unpaired) electrons. The molecule has 1 aliphatic rings. The summed E-state index contributed by atoms with van der Waals surface area (Å²) in [6, 6.07) is 5.07. The van der Waals surface area contributed by atoms with Crippen molar-refractivity contribution in [3.63, 3.8) is 0 Å². The van der Waals surface area contributed by atoms with Gasteiger partial charge in [0.15, 0.2) is 0 Å². The highest BCUT2D eigenvalue weighted by Crippen LogP contribution is 2.50.